The summed E-state index contributed by atoms with van der Waals surface area (Å²) in [4.78, 5) is 24.6. The Kier molecular flexibility index (Phi) is 66.9. The van der Waals surface area contributed by atoms with Crippen LogP contribution < -0.4 is 5.32 Å². The lowest BCUT2D eigenvalue weighted by molar-refractivity contribution is -0.143. The Balaban J connectivity index is 3.41. The summed E-state index contributed by atoms with van der Waals surface area (Å²) in [5.41, 5.74) is 0. The summed E-state index contributed by atoms with van der Waals surface area (Å²) < 4.78 is 5.47. The van der Waals surface area contributed by atoms with E-state index >= 15 is 0 Å². The van der Waals surface area contributed by atoms with E-state index in [0.717, 1.165) is 51.4 Å². The van der Waals surface area contributed by atoms with E-state index in [1.807, 2.05) is 0 Å². The monoisotopic (exact) mass is 1110 g/mol. The Morgan fingerprint density at radius 3 is 0.987 bits per heavy atom. The van der Waals surface area contributed by atoms with Gasteiger partial charge in [-0.3, -0.25) is 9.59 Å². The third-order valence-corrected chi connectivity index (χ3v) is 16.7. The van der Waals surface area contributed by atoms with Gasteiger partial charge in [-0.25, -0.2) is 0 Å². The average molecular weight is 1110 g/mol. The molecule has 0 aliphatic heterocycles. The number of amides is 1. The van der Waals surface area contributed by atoms with Crippen molar-refractivity contribution in [2.24, 2.45) is 0 Å². The van der Waals surface area contributed by atoms with E-state index in [4.69, 9.17) is 4.74 Å². The Hall–Kier alpha value is -1.92. The molecular formula is C73H139NO5. The standard InChI is InChI=1S/C73H139NO5/c1-3-5-7-9-11-13-15-17-18-19-20-32-35-38-42-45-49-53-57-61-65-71(76)70(69-75)74-72(77)66-62-58-54-50-46-43-39-36-33-30-28-26-24-22-21-23-25-27-29-31-34-37-40-44-48-52-56-60-64-68-79-73(78)67-63-59-55-51-47-41-16-14-12-10-8-6-4-2/h14,16,21,23,27,29,70-71,75-76H,3-13,15,17-20,22,24-26,28,30-69H2,1-2H3,(H,74,77)/b16-14-,23-21-,29-27-. The van der Waals surface area contributed by atoms with Crippen molar-refractivity contribution in [2.45, 2.75) is 405 Å². The topological polar surface area (TPSA) is 95.9 Å². The normalized spacial score (nSPS) is 12.7. The zero-order valence-electron chi connectivity index (χ0n) is 53.4. The number of carbonyl (C=O) groups is 2. The first-order chi connectivity index (χ1) is 39.0. The van der Waals surface area contributed by atoms with Crippen LogP contribution in [0.25, 0.3) is 0 Å². The predicted molar refractivity (Wildman–Crippen MR) is 347 cm³/mol. The predicted octanol–water partition coefficient (Wildman–Crippen LogP) is 23.1. The van der Waals surface area contributed by atoms with Crippen LogP contribution in [0.15, 0.2) is 36.5 Å². The van der Waals surface area contributed by atoms with Gasteiger partial charge in [0, 0.05) is 12.8 Å². The second-order valence-electron chi connectivity index (χ2n) is 24.6. The lowest BCUT2D eigenvalue weighted by Crippen LogP contribution is -2.45. The summed E-state index contributed by atoms with van der Waals surface area (Å²) in [6.07, 6.45) is 87.6. The highest BCUT2D eigenvalue weighted by atomic mass is 16.5. The molecule has 0 aliphatic carbocycles. The zero-order valence-corrected chi connectivity index (χ0v) is 53.4. The second kappa shape index (κ2) is 68.6. The molecule has 466 valence electrons. The minimum Gasteiger partial charge on any atom is -0.466 e. The van der Waals surface area contributed by atoms with Gasteiger partial charge in [0.15, 0.2) is 0 Å². The lowest BCUT2D eigenvalue weighted by atomic mass is 10.0. The number of aliphatic hydroxyl groups is 2. The number of nitrogens with one attached hydrogen (secondary N) is 1. The number of esters is 1. The average Bonchev–Trinajstić information content (AvgIpc) is 3.45. The highest BCUT2D eigenvalue weighted by molar-refractivity contribution is 5.76. The van der Waals surface area contributed by atoms with Crippen LogP contribution in [0.3, 0.4) is 0 Å². The molecule has 79 heavy (non-hydrogen) atoms. The fraction of sp³-hybridized carbons (Fsp3) is 0.890. The number of carbonyl (C=O) groups excluding carboxylic acids is 2. The van der Waals surface area contributed by atoms with E-state index < -0.39 is 12.1 Å². The maximum Gasteiger partial charge on any atom is 0.305 e. The highest BCUT2D eigenvalue weighted by Gasteiger charge is 2.20. The molecule has 0 bridgehead atoms. The Labute approximate surface area is 494 Å². The molecule has 0 heterocycles. The van der Waals surface area contributed by atoms with Gasteiger partial charge in [0.2, 0.25) is 5.91 Å². The van der Waals surface area contributed by atoms with Crippen molar-refractivity contribution in [3.8, 4) is 0 Å². The molecule has 6 heteroatoms. The lowest BCUT2D eigenvalue weighted by Gasteiger charge is -2.22. The molecule has 0 rings (SSSR count). The molecule has 0 aromatic heterocycles. The van der Waals surface area contributed by atoms with Crippen LogP contribution in [-0.2, 0) is 14.3 Å². The van der Waals surface area contributed by atoms with Crippen molar-refractivity contribution < 1.29 is 24.5 Å². The van der Waals surface area contributed by atoms with Gasteiger partial charge < -0.3 is 20.3 Å². The smallest absolute Gasteiger partial charge is 0.305 e. The van der Waals surface area contributed by atoms with Gasteiger partial charge in [0.05, 0.1) is 25.4 Å². The molecule has 0 aliphatic rings. The number of rotatable bonds is 67. The number of ether oxygens (including phenoxy) is 1. The van der Waals surface area contributed by atoms with Crippen molar-refractivity contribution in [2.75, 3.05) is 13.2 Å². The molecule has 0 radical (unpaired) electrons. The van der Waals surface area contributed by atoms with Gasteiger partial charge in [-0.15, -0.1) is 0 Å². The highest BCUT2D eigenvalue weighted by Crippen LogP contribution is 2.19. The number of hydrogen-bond acceptors (Lipinski definition) is 5. The molecule has 0 saturated heterocycles. The molecule has 0 fully saturated rings. The molecule has 2 unspecified atom stereocenters. The summed E-state index contributed by atoms with van der Waals surface area (Å²) in [5.74, 6) is -0.0290. The van der Waals surface area contributed by atoms with Gasteiger partial charge in [0.1, 0.15) is 0 Å². The first-order valence-electron chi connectivity index (χ1n) is 35.7. The van der Waals surface area contributed by atoms with E-state index in [2.05, 4.69) is 55.6 Å². The number of allylic oxidation sites excluding steroid dienone is 6. The van der Waals surface area contributed by atoms with Crippen LogP contribution in [0.1, 0.15) is 393 Å². The summed E-state index contributed by atoms with van der Waals surface area (Å²) in [5, 5.41) is 23.4. The molecule has 0 saturated carbocycles. The quantitative estimate of drug-likeness (QED) is 0.0320. The van der Waals surface area contributed by atoms with Gasteiger partial charge >= 0.3 is 5.97 Å². The Morgan fingerprint density at radius 1 is 0.354 bits per heavy atom. The molecule has 0 aromatic carbocycles. The summed E-state index contributed by atoms with van der Waals surface area (Å²) in [6.45, 7) is 4.96. The molecule has 1 amide bonds. The third-order valence-electron chi connectivity index (χ3n) is 16.7. The minimum absolute atomic E-state index is 0.00315. The van der Waals surface area contributed by atoms with E-state index in [1.54, 1.807) is 0 Å². The maximum atomic E-state index is 12.5. The number of hydrogen-bond donors (Lipinski definition) is 3. The van der Waals surface area contributed by atoms with Crippen LogP contribution in [0.5, 0.6) is 0 Å². The molecule has 6 nitrogen and oxygen atoms in total. The van der Waals surface area contributed by atoms with Crippen LogP contribution >= 0.6 is 0 Å². The van der Waals surface area contributed by atoms with Gasteiger partial charge in [-0.2, -0.15) is 0 Å². The summed E-state index contributed by atoms with van der Waals surface area (Å²) in [6, 6.07) is -0.543. The fourth-order valence-corrected chi connectivity index (χ4v) is 11.2. The summed E-state index contributed by atoms with van der Waals surface area (Å²) in [7, 11) is 0. The largest absolute Gasteiger partial charge is 0.466 e. The Morgan fingerprint density at radius 2 is 0.633 bits per heavy atom. The van der Waals surface area contributed by atoms with Crippen LogP contribution in [0.4, 0.5) is 0 Å². The Bertz CT molecular complexity index is 1280. The molecule has 3 N–H and O–H groups in total. The number of aliphatic hydroxyl groups excluding tert-OH is 2. The minimum atomic E-state index is -0.666. The first-order valence-corrected chi connectivity index (χ1v) is 35.7. The molecule has 0 spiro atoms. The van der Waals surface area contributed by atoms with Crippen LogP contribution in [0.2, 0.25) is 0 Å². The van der Waals surface area contributed by atoms with Gasteiger partial charge in [-0.05, 0) is 83.5 Å². The van der Waals surface area contributed by atoms with Crippen molar-refractivity contribution in [3.05, 3.63) is 36.5 Å². The fourth-order valence-electron chi connectivity index (χ4n) is 11.2. The molecule has 0 aromatic rings. The van der Waals surface area contributed by atoms with Crippen LogP contribution in [-0.4, -0.2) is 47.4 Å². The summed E-state index contributed by atoms with van der Waals surface area (Å²) >= 11 is 0. The SMILES string of the molecule is CCCCCC/C=C\CCCCCCCC(=O)OCCCCCCCCCCC/C=C\C/C=C\CCCCCCCCCCCCCCCC(=O)NC(CO)C(O)CCCCCCCCCCCCCCCCCCCCCC. The maximum absolute atomic E-state index is 12.5. The number of unbranched alkanes of at least 4 members (excludes halogenated alkanes) is 50. The van der Waals surface area contributed by atoms with Crippen LogP contribution in [0, 0.1) is 0 Å². The second-order valence-corrected chi connectivity index (χ2v) is 24.6. The zero-order chi connectivity index (χ0) is 57.1. The van der Waals surface area contributed by atoms with Crippen molar-refractivity contribution >= 4 is 11.9 Å². The van der Waals surface area contributed by atoms with E-state index in [0.29, 0.717) is 25.9 Å². The third kappa shape index (κ3) is 65.1. The van der Waals surface area contributed by atoms with E-state index in [-0.39, 0.29) is 18.5 Å². The molecule has 2 atom stereocenters. The van der Waals surface area contributed by atoms with Crippen molar-refractivity contribution in [3.63, 3.8) is 0 Å². The molecular weight excluding hydrogens is 971 g/mol. The van der Waals surface area contributed by atoms with E-state index in [1.165, 1.54) is 308 Å². The van der Waals surface area contributed by atoms with Crippen molar-refractivity contribution in [1.82, 2.24) is 5.32 Å². The van der Waals surface area contributed by atoms with E-state index in [9.17, 15) is 19.8 Å². The first kappa shape index (κ1) is 77.1. The van der Waals surface area contributed by atoms with Gasteiger partial charge in [0.25, 0.3) is 0 Å². The van der Waals surface area contributed by atoms with Gasteiger partial charge in [-0.1, -0.05) is 333 Å². The van der Waals surface area contributed by atoms with Crippen molar-refractivity contribution in [1.29, 1.82) is 0 Å².